The summed E-state index contributed by atoms with van der Waals surface area (Å²) in [5.74, 6) is -0.138. The third-order valence-corrected chi connectivity index (χ3v) is 6.85. The van der Waals surface area contributed by atoms with E-state index in [4.69, 9.17) is 0 Å². The second kappa shape index (κ2) is 4.97. The Bertz CT molecular complexity index is 566. The Balaban J connectivity index is 2.27. The number of rotatable bonds is 4. The molecule has 1 aliphatic heterocycles. The van der Waals surface area contributed by atoms with Gasteiger partial charge in [-0.15, -0.1) is 0 Å². The SMILES string of the molecule is CC1(C2CC2)NC(=O)CCN(CC(C)(C)S(C)(=O)=O)C1=O. The van der Waals surface area contributed by atoms with Crippen LogP contribution in [0.1, 0.15) is 40.0 Å². The first kappa shape index (κ1) is 16.3. The molecule has 1 heterocycles. The highest BCUT2D eigenvalue weighted by atomic mass is 32.2. The Morgan fingerprint density at radius 2 is 1.90 bits per heavy atom. The standard InChI is InChI=1S/C14H24N2O4S/c1-13(2,21(4,19)20)9-16-8-7-11(17)15-14(3,12(16)18)10-5-6-10/h10H,5-9H2,1-4H3,(H,15,17). The van der Waals surface area contributed by atoms with E-state index in [0.29, 0.717) is 0 Å². The zero-order chi connectivity index (χ0) is 16.1. The van der Waals surface area contributed by atoms with Gasteiger partial charge in [0.1, 0.15) is 5.54 Å². The molecule has 2 aliphatic rings. The predicted molar refractivity (Wildman–Crippen MR) is 79.4 cm³/mol. The Morgan fingerprint density at radius 1 is 1.33 bits per heavy atom. The van der Waals surface area contributed by atoms with Crippen molar-refractivity contribution in [1.82, 2.24) is 10.2 Å². The fourth-order valence-corrected chi connectivity index (χ4v) is 3.13. The zero-order valence-electron chi connectivity index (χ0n) is 13.1. The van der Waals surface area contributed by atoms with Crippen molar-refractivity contribution in [2.45, 2.75) is 50.3 Å². The van der Waals surface area contributed by atoms with E-state index in [1.807, 2.05) is 0 Å². The molecule has 1 N–H and O–H groups in total. The summed E-state index contributed by atoms with van der Waals surface area (Å²) in [6.07, 6.45) is 3.24. The normalized spacial score (nSPS) is 28.3. The maximum atomic E-state index is 12.8. The van der Waals surface area contributed by atoms with Crippen molar-refractivity contribution in [1.29, 1.82) is 0 Å². The number of nitrogens with zero attached hydrogens (tertiary/aromatic N) is 1. The lowest BCUT2D eigenvalue weighted by atomic mass is 9.93. The molecule has 21 heavy (non-hydrogen) atoms. The summed E-state index contributed by atoms with van der Waals surface area (Å²) >= 11 is 0. The van der Waals surface area contributed by atoms with Gasteiger partial charge in [0.25, 0.3) is 0 Å². The summed E-state index contributed by atoms with van der Waals surface area (Å²) in [7, 11) is -3.29. The molecule has 7 heteroatoms. The molecule has 0 aromatic rings. The maximum absolute atomic E-state index is 12.8. The molecule has 120 valence electrons. The molecule has 0 aromatic carbocycles. The van der Waals surface area contributed by atoms with Crippen molar-refractivity contribution in [2.75, 3.05) is 19.3 Å². The van der Waals surface area contributed by atoms with Gasteiger partial charge in [0, 0.05) is 25.8 Å². The largest absolute Gasteiger partial charge is 0.342 e. The molecule has 1 saturated heterocycles. The first-order valence-corrected chi connectivity index (χ1v) is 9.16. The van der Waals surface area contributed by atoms with Crippen LogP contribution in [0.5, 0.6) is 0 Å². The number of hydrogen-bond acceptors (Lipinski definition) is 4. The molecule has 6 nitrogen and oxygen atoms in total. The van der Waals surface area contributed by atoms with Crippen LogP contribution < -0.4 is 5.32 Å². The zero-order valence-corrected chi connectivity index (χ0v) is 13.9. The number of nitrogens with one attached hydrogen (secondary N) is 1. The fraction of sp³-hybridized carbons (Fsp3) is 0.857. The second-order valence-corrected chi connectivity index (χ2v) is 9.68. The summed E-state index contributed by atoms with van der Waals surface area (Å²) in [6.45, 7) is 5.37. The summed E-state index contributed by atoms with van der Waals surface area (Å²) in [6, 6.07) is 0. The van der Waals surface area contributed by atoms with E-state index in [-0.39, 0.29) is 37.2 Å². The first-order chi connectivity index (χ1) is 9.47. The van der Waals surface area contributed by atoms with Gasteiger partial charge in [0.05, 0.1) is 4.75 Å². The minimum Gasteiger partial charge on any atom is -0.342 e. The fourth-order valence-electron chi connectivity index (χ4n) is 2.74. The van der Waals surface area contributed by atoms with E-state index >= 15 is 0 Å². The molecule has 1 saturated carbocycles. The van der Waals surface area contributed by atoms with E-state index in [0.717, 1.165) is 12.8 Å². The van der Waals surface area contributed by atoms with E-state index in [1.54, 1.807) is 20.8 Å². The van der Waals surface area contributed by atoms with Crippen molar-refractivity contribution >= 4 is 21.7 Å². The molecule has 2 amide bonds. The molecule has 1 unspecified atom stereocenters. The van der Waals surface area contributed by atoms with Gasteiger partial charge in [-0.1, -0.05) is 0 Å². The molecule has 0 aromatic heterocycles. The van der Waals surface area contributed by atoms with Crippen molar-refractivity contribution in [2.24, 2.45) is 5.92 Å². The smallest absolute Gasteiger partial charge is 0.248 e. The van der Waals surface area contributed by atoms with Crippen LogP contribution in [0.15, 0.2) is 0 Å². The van der Waals surface area contributed by atoms with Gasteiger partial charge in [0.15, 0.2) is 9.84 Å². The van der Waals surface area contributed by atoms with Crippen LogP contribution in [0.2, 0.25) is 0 Å². The van der Waals surface area contributed by atoms with Gasteiger partial charge in [-0.25, -0.2) is 8.42 Å². The van der Waals surface area contributed by atoms with Crippen LogP contribution in [0, 0.1) is 5.92 Å². The molecular formula is C14H24N2O4S. The minimum atomic E-state index is -3.29. The summed E-state index contributed by atoms with van der Waals surface area (Å²) in [4.78, 5) is 26.2. The quantitative estimate of drug-likeness (QED) is 0.810. The van der Waals surface area contributed by atoms with Gasteiger partial charge < -0.3 is 10.2 Å². The van der Waals surface area contributed by atoms with Crippen molar-refractivity contribution in [3.8, 4) is 0 Å². The van der Waals surface area contributed by atoms with E-state index < -0.39 is 20.1 Å². The van der Waals surface area contributed by atoms with Crippen molar-refractivity contribution in [3.05, 3.63) is 0 Å². The average molecular weight is 316 g/mol. The number of amides is 2. The highest BCUT2D eigenvalue weighted by molar-refractivity contribution is 7.92. The number of carbonyl (C=O) groups excluding carboxylic acids is 2. The van der Waals surface area contributed by atoms with Gasteiger partial charge in [-0.3, -0.25) is 9.59 Å². The van der Waals surface area contributed by atoms with Crippen molar-refractivity contribution < 1.29 is 18.0 Å². The Morgan fingerprint density at radius 3 is 2.38 bits per heavy atom. The van der Waals surface area contributed by atoms with E-state index in [9.17, 15) is 18.0 Å². The molecule has 0 spiro atoms. The summed E-state index contributed by atoms with van der Waals surface area (Å²) < 4.78 is 22.7. The maximum Gasteiger partial charge on any atom is 0.248 e. The Hall–Kier alpha value is -1.11. The minimum absolute atomic E-state index is 0.113. The molecule has 1 aliphatic carbocycles. The lowest BCUT2D eigenvalue weighted by molar-refractivity contribution is -0.139. The first-order valence-electron chi connectivity index (χ1n) is 7.27. The third kappa shape index (κ3) is 3.07. The topological polar surface area (TPSA) is 83.6 Å². The average Bonchev–Trinajstić information content (AvgIpc) is 3.15. The van der Waals surface area contributed by atoms with E-state index in [2.05, 4.69) is 5.32 Å². The highest BCUT2D eigenvalue weighted by Crippen LogP contribution is 2.41. The second-order valence-electron chi connectivity index (χ2n) is 7.03. The summed E-state index contributed by atoms with van der Waals surface area (Å²) in [5, 5.41) is 2.84. The van der Waals surface area contributed by atoms with Crippen LogP contribution in [0.3, 0.4) is 0 Å². The van der Waals surface area contributed by atoms with Crippen molar-refractivity contribution in [3.63, 3.8) is 0 Å². The molecule has 1 atom stereocenters. The Kier molecular flexibility index (Phi) is 3.85. The third-order valence-electron chi connectivity index (χ3n) is 4.71. The number of sulfone groups is 1. The van der Waals surface area contributed by atoms with Crippen LogP contribution in [-0.4, -0.2) is 54.8 Å². The monoisotopic (exact) mass is 316 g/mol. The lowest BCUT2D eigenvalue weighted by Crippen LogP contribution is -2.58. The molecule has 2 fully saturated rings. The van der Waals surface area contributed by atoms with Crippen LogP contribution in [0.25, 0.3) is 0 Å². The molecule has 0 radical (unpaired) electrons. The van der Waals surface area contributed by atoms with Gasteiger partial charge >= 0.3 is 0 Å². The van der Waals surface area contributed by atoms with E-state index in [1.165, 1.54) is 11.2 Å². The number of carbonyl (C=O) groups is 2. The lowest BCUT2D eigenvalue weighted by Gasteiger charge is -2.36. The summed E-state index contributed by atoms with van der Waals surface area (Å²) in [5.41, 5.74) is -0.888. The predicted octanol–water partition coefficient (Wildman–Crippen LogP) is 0.327. The van der Waals surface area contributed by atoms with Gasteiger partial charge in [0.2, 0.25) is 11.8 Å². The molecular weight excluding hydrogens is 292 g/mol. The molecule has 2 rings (SSSR count). The highest BCUT2D eigenvalue weighted by Gasteiger charge is 2.52. The van der Waals surface area contributed by atoms with Gasteiger partial charge in [-0.05, 0) is 39.5 Å². The molecule has 0 bridgehead atoms. The van der Waals surface area contributed by atoms with Crippen LogP contribution >= 0.6 is 0 Å². The Labute approximate surface area is 126 Å². The van der Waals surface area contributed by atoms with Crippen LogP contribution in [-0.2, 0) is 19.4 Å². The van der Waals surface area contributed by atoms with Crippen LogP contribution in [0.4, 0.5) is 0 Å². The number of hydrogen-bond donors (Lipinski definition) is 1. The van der Waals surface area contributed by atoms with Gasteiger partial charge in [-0.2, -0.15) is 0 Å².